The predicted octanol–water partition coefficient (Wildman–Crippen LogP) is 4.27. The molecule has 3 rings (SSSR count). The molecule has 1 amide bonds. The molecule has 0 spiro atoms. The van der Waals surface area contributed by atoms with Crippen LogP contribution in [0.2, 0.25) is 5.02 Å². The Morgan fingerprint density at radius 2 is 2.04 bits per heavy atom. The van der Waals surface area contributed by atoms with Gasteiger partial charge in [-0.15, -0.1) is 0 Å². The van der Waals surface area contributed by atoms with Crippen LogP contribution in [0.5, 0.6) is 0 Å². The molecular weight excluding hydrogens is 356 g/mol. The minimum atomic E-state index is -0.571. The Morgan fingerprint density at radius 1 is 1.23 bits per heavy atom. The highest BCUT2D eigenvalue weighted by Crippen LogP contribution is 2.26. The van der Waals surface area contributed by atoms with Crippen LogP contribution < -0.4 is 4.90 Å². The van der Waals surface area contributed by atoms with E-state index in [1.807, 2.05) is 0 Å². The lowest BCUT2D eigenvalue weighted by atomic mass is 10.1. The van der Waals surface area contributed by atoms with Crippen LogP contribution in [0.4, 0.5) is 11.4 Å². The van der Waals surface area contributed by atoms with E-state index in [0.29, 0.717) is 29.8 Å². The van der Waals surface area contributed by atoms with Gasteiger partial charge in [-0.1, -0.05) is 35.9 Å². The molecule has 1 fully saturated rings. The van der Waals surface area contributed by atoms with Gasteiger partial charge in [-0.3, -0.25) is 19.7 Å². The second-order valence-electron chi connectivity index (χ2n) is 5.86. The number of carbonyl (C=O) groups excluding carboxylic acids is 2. The molecule has 0 aliphatic carbocycles. The van der Waals surface area contributed by atoms with Crippen molar-refractivity contribution in [1.82, 2.24) is 0 Å². The largest absolute Gasteiger partial charge is 0.312 e. The minimum Gasteiger partial charge on any atom is -0.312 e. The van der Waals surface area contributed by atoms with Gasteiger partial charge in [0.05, 0.1) is 4.92 Å². The van der Waals surface area contributed by atoms with Crippen molar-refractivity contribution in [2.45, 2.75) is 12.8 Å². The van der Waals surface area contributed by atoms with Gasteiger partial charge >= 0.3 is 0 Å². The number of hydrogen-bond acceptors (Lipinski definition) is 4. The topological polar surface area (TPSA) is 80.5 Å². The first-order valence-corrected chi connectivity index (χ1v) is 8.40. The summed E-state index contributed by atoms with van der Waals surface area (Å²) in [6, 6.07) is 11.2. The number of carbonyl (C=O) groups is 2. The predicted molar refractivity (Wildman–Crippen MR) is 99.5 cm³/mol. The maximum Gasteiger partial charge on any atom is 0.288 e. The molecule has 6 nitrogen and oxygen atoms in total. The molecule has 0 unspecified atom stereocenters. The zero-order valence-electron chi connectivity index (χ0n) is 13.7. The number of rotatable bonds is 5. The van der Waals surface area contributed by atoms with Crippen LogP contribution in [-0.4, -0.2) is 23.2 Å². The lowest BCUT2D eigenvalue weighted by Crippen LogP contribution is -2.23. The van der Waals surface area contributed by atoms with Crippen molar-refractivity contribution in [1.29, 1.82) is 0 Å². The molecule has 2 aromatic rings. The Hall–Kier alpha value is -2.99. The quantitative estimate of drug-likeness (QED) is 0.340. The van der Waals surface area contributed by atoms with E-state index in [2.05, 4.69) is 0 Å². The third kappa shape index (κ3) is 3.81. The Bertz CT molecular complexity index is 924. The molecule has 0 atom stereocenters. The number of ketones is 1. The van der Waals surface area contributed by atoms with Gasteiger partial charge in [-0.25, -0.2) is 0 Å². The lowest BCUT2D eigenvalue weighted by Gasteiger charge is -2.16. The van der Waals surface area contributed by atoms with Crippen LogP contribution in [-0.2, 0) is 4.79 Å². The van der Waals surface area contributed by atoms with Crippen molar-refractivity contribution < 1.29 is 14.5 Å². The highest BCUT2D eigenvalue weighted by molar-refractivity contribution is 6.32. The number of allylic oxidation sites excluding steroid dienone is 1. The van der Waals surface area contributed by atoms with Crippen LogP contribution in [0.15, 0.2) is 48.5 Å². The zero-order chi connectivity index (χ0) is 18.7. The molecule has 7 heteroatoms. The molecule has 1 aliphatic heterocycles. The van der Waals surface area contributed by atoms with E-state index >= 15 is 0 Å². The third-order valence-corrected chi connectivity index (χ3v) is 4.43. The molecule has 0 bridgehead atoms. The fraction of sp³-hybridized carbons (Fsp3) is 0.158. The van der Waals surface area contributed by atoms with Gasteiger partial charge in [0, 0.05) is 30.3 Å². The smallest absolute Gasteiger partial charge is 0.288 e. The Balaban J connectivity index is 1.80. The summed E-state index contributed by atoms with van der Waals surface area (Å²) in [5.74, 6) is -0.199. The molecule has 0 saturated carbocycles. The molecule has 2 aromatic carbocycles. The van der Waals surface area contributed by atoms with Crippen molar-refractivity contribution in [2.75, 3.05) is 11.4 Å². The fourth-order valence-electron chi connectivity index (χ4n) is 2.79. The summed E-state index contributed by atoms with van der Waals surface area (Å²) in [6.45, 7) is 0.654. The monoisotopic (exact) mass is 370 g/mol. The number of benzene rings is 2. The van der Waals surface area contributed by atoms with Crippen LogP contribution in [0.3, 0.4) is 0 Å². The van der Waals surface area contributed by atoms with E-state index in [-0.39, 0.29) is 22.4 Å². The average molecular weight is 371 g/mol. The van der Waals surface area contributed by atoms with E-state index in [1.165, 1.54) is 24.3 Å². The van der Waals surface area contributed by atoms with Crippen LogP contribution >= 0.6 is 11.6 Å². The van der Waals surface area contributed by atoms with E-state index in [0.717, 1.165) is 6.42 Å². The summed E-state index contributed by atoms with van der Waals surface area (Å²) in [5.41, 5.74) is 1.44. The van der Waals surface area contributed by atoms with Crippen molar-refractivity contribution in [2.24, 2.45) is 0 Å². The summed E-state index contributed by atoms with van der Waals surface area (Å²) in [4.78, 5) is 36.3. The molecular formula is C19H15ClN2O4. The number of hydrogen-bond donors (Lipinski definition) is 0. The van der Waals surface area contributed by atoms with Crippen molar-refractivity contribution in [3.05, 3.63) is 74.8 Å². The first-order valence-electron chi connectivity index (χ1n) is 8.02. The number of anilines is 1. The summed E-state index contributed by atoms with van der Waals surface area (Å²) >= 11 is 5.78. The Morgan fingerprint density at radius 3 is 2.73 bits per heavy atom. The number of nitro groups is 1. The lowest BCUT2D eigenvalue weighted by molar-refractivity contribution is -0.384. The van der Waals surface area contributed by atoms with Crippen molar-refractivity contribution in [3.63, 3.8) is 0 Å². The van der Waals surface area contributed by atoms with Gasteiger partial charge in [-0.2, -0.15) is 0 Å². The summed E-state index contributed by atoms with van der Waals surface area (Å²) in [5, 5.41) is 11.0. The SMILES string of the molecule is O=C(/C=C/c1ccc(Cl)c([N+](=O)[O-])c1)c1cccc(N2CCCC2=O)c1. The zero-order valence-corrected chi connectivity index (χ0v) is 14.5. The summed E-state index contributed by atoms with van der Waals surface area (Å²) < 4.78 is 0. The fourth-order valence-corrected chi connectivity index (χ4v) is 2.98. The second-order valence-corrected chi connectivity index (χ2v) is 6.27. The normalized spacial score (nSPS) is 14.2. The number of halogens is 1. The summed E-state index contributed by atoms with van der Waals surface area (Å²) in [7, 11) is 0. The molecule has 132 valence electrons. The molecule has 0 N–H and O–H groups in total. The van der Waals surface area contributed by atoms with E-state index < -0.39 is 4.92 Å². The first kappa shape index (κ1) is 17.8. The third-order valence-electron chi connectivity index (χ3n) is 4.11. The van der Waals surface area contributed by atoms with E-state index in [9.17, 15) is 19.7 Å². The molecule has 26 heavy (non-hydrogen) atoms. The van der Waals surface area contributed by atoms with Gasteiger partial charge in [0.1, 0.15) is 5.02 Å². The summed E-state index contributed by atoms with van der Waals surface area (Å²) in [6.07, 6.45) is 4.18. The Labute approximate surface area is 154 Å². The average Bonchev–Trinajstić information content (AvgIpc) is 3.06. The number of amides is 1. The Kier molecular flexibility index (Phi) is 5.14. The molecule has 0 aromatic heterocycles. The van der Waals surface area contributed by atoms with Crippen LogP contribution in [0.25, 0.3) is 6.08 Å². The van der Waals surface area contributed by atoms with Gasteiger partial charge in [0.2, 0.25) is 5.91 Å². The van der Waals surface area contributed by atoms with Crippen LogP contribution in [0.1, 0.15) is 28.8 Å². The van der Waals surface area contributed by atoms with Crippen molar-refractivity contribution in [3.8, 4) is 0 Å². The standard InChI is InChI=1S/C19H15ClN2O4/c20-16-8-6-13(11-17(16)22(25)26)7-9-18(23)14-3-1-4-15(12-14)21-10-2-5-19(21)24/h1,3-4,6-9,11-12H,2,5,10H2/b9-7+. The van der Waals surface area contributed by atoms with Gasteiger partial charge in [-0.05, 0) is 36.3 Å². The second kappa shape index (κ2) is 7.49. The highest BCUT2D eigenvalue weighted by atomic mass is 35.5. The van der Waals surface area contributed by atoms with E-state index in [1.54, 1.807) is 35.2 Å². The maximum absolute atomic E-state index is 12.4. The van der Waals surface area contributed by atoms with E-state index in [4.69, 9.17) is 11.6 Å². The molecule has 1 saturated heterocycles. The molecule has 0 radical (unpaired) electrons. The number of nitrogens with zero attached hydrogens (tertiary/aromatic N) is 2. The first-order chi connectivity index (χ1) is 12.5. The maximum atomic E-state index is 12.4. The minimum absolute atomic E-state index is 0.0430. The highest BCUT2D eigenvalue weighted by Gasteiger charge is 2.22. The molecule has 1 heterocycles. The van der Waals surface area contributed by atoms with Gasteiger partial charge < -0.3 is 4.90 Å². The van der Waals surface area contributed by atoms with Gasteiger partial charge in [0.15, 0.2) is 5.78 Å². The van der Waals surface area contributed by atoms with Gasteiger partial charge in [0.25, 0.3) is 5.69 Å². The number of nitro benzene ring substituents is 1. The van der Waals surface area contributed by atoms with Crippen molar-refractivity contribution >= 4 is 40.7 Å². The van der Waals surface area contributed by atoms with Crippen LogP contribution in [0, 0.1) is 10.1 Å². The molecule has 1 aliphatic rings.